The summed E-state index contributed by atoms with van der Waals surface area (Å²) in [5.41, 5.74) is 3.19. The summed E-state index contributed by atoms with van der Waals surface area (Å²) < 4.78 is 0. The molecule has 0 aliphatic carbocycles. The molecule has 4 aromatic rings. The summed E-state index contributed by atoms with van der Waals surface area (Å²) in [4.78, 5) is 11.0. The summed E-state index contributed by atoms with van der Waals surface area (Å²) >= 11 is 3.25. The van der Waals surface area contributed by atoms with E-state index in [0.29, 0.717) is 0 Å². The SMILES string of the molecule is c1csc(-c2nnc(-c3cccs3)c3nccnc23)c1. The Labute approximate surface area is 122 Å². The molecule has 20 heavy (non-hydrogen) atoms. The van der Waals surface area contributed by atoms with Gasteiger partial charge < -0.3 is 0 Å². The Morgan fingerprint density at radius 1 is 0.700 bits per heavy atom. The highest BCUT2D eigenvalue weighted by Gasteiger charge is 2.15. The maximum absolute atomic E-state index is 4.45. The van der Waals surface area contributed by atoms with Crippen LogP contribution in [0.3, 0.4) is 0 Å². The van der Waals surface area contributed by atoms with Crippen LogP contribution in [0.5, 0.6) is 0 Å². The van der Waals surface area contributed by atoms with E-state index in [-0.39, 0.29) is 0 Å². The molecule has 0 amide bonds. The van der Waals surface area contributed by atoms with Gasteiger partial charge in [-0.2, -0.15) is 0 Å². The molecule has 0 saturated heterocycles. The van der Waals surface area contributed by atoms with Gasteiger partial charge in [-0.3, -0.25) is 9.97 Å². The highest BCUT2D eigenvalue weighted by atomic mass is 32.1. The molecular formula is C14H8N4S2. The lowest BCUT2D eigenvalue weighted by molar-refractivity contribution is 1.05. The molecule has 0 N–H and O–H groups in total. The van der Waals surface area contributed by atoms with E-state index >= 15 is 0 Å². The molecule has 96 valence electrons. The van der Waals surface area contributed by atoms with Gasteiger partial charge in [-0.25, -0.2) is 0 Å². The molecule has 0 radical (unpaired) electrons. The van der Waals surface area contributed by atoms with E-state index in [1.165, 1.54) is 0 Å². The first kappa shape index (κ1) is 11.6. The van der Waals surface area contributed by atoms with E-state index in [1.54, 1.807) is 35.1 Å². The summed E-state index contributed by atoms with van der Waals surface area (Å²) in [5.74, 6) is 0. The second-order valence-corrected chi connectivity index (χ2v) is 6.00. The molecule has 0 bridgehead atoms. The van der Waals surface area contributed by atoms with E-state index in [2.05, 4.69) is 20.2 Å². The molecule has 0 unspecified atom stereocenters. The van der Waals surface area contributed by atoms with Crippen molar-refractivity contribution in [3.8, 4) is 21.1 Å². The highest BCUT2D eigenvalue weighted by Crippen LogP contribution is 2.32. The predicted octanol–water partition coefficient (Wildman–Crippen LogP) is 3.88. The number of hydrogen-bond donors (Lipinski definition) is 0. The fourth-order valence-electron chi connectivity index (χ4n) is 2.04. The second-order valence-electron chi connectivity index (χ2n) is 4.11. The lowest BCUT2D eigenvalue weighted by Gasteiger charge is -2.04. The minimum Gasteiger partial charge on any atom is -0.251 e. The Bertz CT molecular complexity index is 781. The van der Waals surface area contributed by atoms with E-state index in [4.69, 9.17) is 0 Å². The minimum atomic E-state index is 0.795. The zero-order chi connectivity index (χ0) is 13.4. The number of thiophene rings is 2. The molecule has 4 heterocycles. The first-order chi connectivity index (χ1) is 9.93. The van der Waals surface area contributed by atoms with E-state index in [0.717, 1.165) is 32.2 Å². The summed E-state index contributed by atoms with van der Waals surface area (Å²) in [6.45, 7) is 0. The van der Waals surface area contributed by atoms with Gasteiger partial charge >= 0.3 is 0 Å². The lowest BCUT2D eigenvalue weighted by atomic mass is 10.2. The van der Waals surface area contributed by atoms with Crippen molar-refractivity contribution in [2.75, 3.05) is 0 Å². The molecular weight excluding hydrogens is 288 g/mol. The third kappa shape index (κ3) is 1.81. The van der Waals surface area contributed by atoms with Crippen molar-refractivity contribution in [2.24, 2.45) is 0 Å². The van der Waals surface area contributed by atoms with E-state index in [9.17, 15) is 0 Å². The number of aromatic nitrogens is 4. The van der Waals surface area contributed by atoms with Gasteiger partial charge in [0.05, 0.1) is 9.75 Å². The highest BCUT2D eigenvalue weighted by molar-refractivity contribution is 7.14. The lowest BCUT2D eigenvalue weighted by Crippen LogP contribution is -1.96. The second kappa shape index (κ2) is 4.73. The average Bonchev–Trinajstić information content (AvgIpc) is 3.19. The number of nitrogens with zero attached hydrogens (tertiary/aromatic N) is 4. The smallest absolute Gasteiger partial charge is 0.131 e. The van der Waals surface area contributed by atoms with Crippen LogP contribution in [0, 0.1) is 0 Å². The van der Waals surface area contributed by atoms with Crippen LogP contribution in [-0.2, 0) is 0 Å². The van der Waals surface area contributed by atoms with Gasteiger partial charge in [-0.05, 0) is 22.9 Å². The minimum absolute atomic E-state index is 0.795. The zero-order valence-electron chi connectivity index (χ0n) is 10.2. The first-order valence-electron chi connectivity index (χ1n) is 5.98. The molecule has 0 spiro atoms. The molecule has 0 aromatic carbocycles. The molecule has 0 fully saturated rings. The van der Waals surface area contributed by atoms with Crippen LogP contribution in [0.2, 0.25) is 0 Å². The largest absolute Gasteiger partial charge is 0.251 e. The van der Waals surface area contributed by atoms with Crippen molar-refractivity contribution in [1.29, 1.82) is 0 Å². The third-order valence-corrected chi connectivity index (χ3v) is 4.66. The van der Waals surface area contributed by atoms with Crippen LogP contribution in [-0.4, -0.2) is 20.2 Å². The number of fused-ring (bicyclic) bond motifs is 1. The summed E-state index contributed by atoms with van der Waals surface area (Å²) in [6.07, 6.45) is 3.39. The summed E-state index contributed by atoms with van der Waals surface area (Å²) in [7, 11) is 0. The Morgan fingerprint density at radius 3 is 1.60 bits per heavy atom. The molecule has 4 rings (SSSR count). The fourth-order valence-corrected chi connectivity index (χ4v) is 3.46. The van der Waals surface area contributed by atoms with Gasteiger partial charge in [-0.1, -0.05) is 12.1 Å². The van der Waals surface area contributed by atoms with Crippen molar-refractivity contribution in [3.05, 3.63) is 47.4 Å². The van der Waals surface area contributed by atoms with Crippen molar-refractivity contribution >= 4 is 33.7 Å². The predicted molar refractivity (Wildman–Crippen MR) is 81.8 cm³/mol. The zero-order valence-corrected chi connectivity index (χ0v) is 11.9. The monoisotopic (exact) mass is 296 g/mol. The third-order valence-electron chi connectivity index (χ3n) is 2.91. The molecule has 4 nitrogen and oxygen atoms in total. The van der Waals surface area contributed by atoms with Gasteiger partial charge in [0.15, 0.2) is 0 Å². The van der Waals surface area contributed by atoms with Crippen molar-refractivity contribution < 1.29 is 0 Å². The van der Waals surface area contributed by atoms with Gasteiger partial charge in [0.2, 0.25) is 0 Å². The van der Waals surface area contributed by atoms with E-state index in [1.807, 2.05) is 35.0 Å². The van der Waals surface area contributed by atoms with Gasteiger partial charge in [0.25, 0.3) is 0 Å². The van der Waals surface area contributed by atoms with Gasteiger partial charge in [0, 0.05) is 12.4 Å². The van der Waals surface area contributed by atoms with Crippen LogP contribution in [0.1, 0.15) is 0 Å². The molecule has 0 aliphatic heterocycles. The normalized spacial score (nSPS) is 11.0. The Kier molecular flexibility index (Phi) is 2.75. The summed E-state index contributed by atoms with van der Waals surface area (Å²) in [5, 5.41) is 12.8. The maximum Gasteiger partial charge on any atom is 0.131 e. The molecule has 0 saturated carbocycles. The Hall–Kier alpha value is -2.18. The maximum atomic E-state index is 4.45. The van der Waals surface area contributed by atoms with Crippen LogP contribution < -0.4 is 0 Å². The van der Waals surface area contributed by atoms with Crippen LogP contribution >= 0.6 is 22.7 Å². The number of hydrogen-bond acceptors (Lipinski definition) is 6. The van der Waals surface area contributed by atoms with Crippen molar-refractivity contribution in [1.82, 2.24) is 20.2 Å². The average molecular weight is 296 g/mol. The Morgan fingerprint density at radius 2 is 1.20 bits per heavy atom. The molecule has 0 aliphatic rings. The first-order valence-corrected chi connectivity index (χ1v) is 7.74. The Balaban J connectivity index is 2.05. The van der Waals surface area contributed by atoms with Crippen molar-refractivity contribution in [3.63, 3.8) is 0 Å². The quantitative estimate of drug-likeness (QED) is 0.563. The van der Waals surface area contributed by atoms with Crippen LogP contribution in [0.15, 0.2) is 47.4 Å². The topological polar surface area (TPSA) is 51.6 Å². The molecule has 0 atom stereocenters. The standard InChI is InChI=1S/C14H8N4S2/c1-3-9(19-7-1)11-13-14(16-6-5-15-13)12(18-17-11)10-4-2-8-20-10/h1-8H. The van der Waals surface area contributed by atoms with Crippen LogP contribution in [0.4, 0.5) is 0 Å². The summed E-state index contributed by atoms with van der Waals surface area (Å²) in [6, 6.07) is 8.04. The van der Waals surface area contributed by atoms with Crippen molar-refractivity contribution in [2.45, 2.75) is 0 Å². The molecule has 6 heteroatoms. The van der Waals surface area contributed by atoms with E-state index < -0.39 is 0 Å². The van der Waals surface area contributed by atoms with Gasteiger partial charge in [-0.15, -0.1) is 32.9 Å². The fraction of sp³-hybridized carbons (Fsp3) is 0. The number of rotatable bonds is 2. The van der Waals surface area contributed by atoms with Gasteiger partial charge in [0.1, 0.15) is 22.4 Å². The van der Waals surface area contributed by atoms with Crippen LogP contribution in [0.25, 0.3) is 32.2 Å². The molecule has 4 aromatic heterocycles.